The molecule has 3 heterocycles. The highest BCUT2D eigenvalue weighted by Crippen LogP contribution is 2.44. The van der Waals surface area contributed by atoms with Gasteiger partial charge < -0.3 is 9.64 Å². The topological polar surface area (TPSA) is 42.4 Å². The van der Waals surface area contributed by atoms with Crippen LogP contribution in [-0.2, 0) is 17.6 Å². The summed E-state index contributed by atoms with van der Waals surface area (Å²) in [6.07, 6.45) is 3.40. The number of rotatable bonds is 2. The number of fused-ring (bicyclic) bond motifs is 3. The minimum Gasteiger partial charge on any atom is -0.378 e. The van der Waals surface area contributed by atoms with E-state index in [0.717, 1.165) is 40.1 Å². The van der Waals surface area contributed by atoms with Gasteiger partial charge in [0.1, 0.15) is 4.83 Å². The van der Waals surface area contributed by atoms with Crippen molar-refractivity contribution < 1.29 is 9.53 Å². The average molecular weight is 407 g/mol. The van der Waals surface area contributed by atoms with Gasteiger partial charge in [0.25, 0.3) is 5.91 Å². The van der Waals surface area contributed by atoms with Gasteiger partial charge in [-0.05, 0) is 43.2 Å². The number of aryl methyl sites for hydroxylation is 2. The van der Waals surface area contributed by atoms with E-state index in [1.165, 1.54) is 22.2 Å². The van der Waals surface area contributed by atoms with Crippen molar-refractivity contribution in [3.63, 3.8) is 0 Å². The standard InChI is InChI=1S/C24H26N2O2S/c1-15-8-9-18-19(14-15)29-23-22(18)21(17-6-4-3-5-7-17)20(16(2)25-23)24(27)26-10-12-28-13-11-26/h3-7,15H,8-14H2,1-2H3/t15-/m1/s1. The fraction of sp³-hybridized carbons (Fsp3) is 0.417. The van der Waals surface area contributed by atoms with Gasteiger partial charge in [0.15, 0.2) is 0 Å². The Bertz CT molecular complexity index is 1070. The van der Waals surface area contributed by atoms with Crippen LogP contribution in [0.4, 0.5) is 0 Å². The van der Waals surface area contributed by atoms with Crippen LogP contribution < -0.4 is 0 Å². The second-order valence-electron chi connectivity index (χ2n) is 8.25. The molecule has 1 aromatic carbocycles. The van der Waals surface area contributed by atoms with E-state index >= 15 is 0 Å². The molecule has 4 nitrogen and oxygen atoms in total. The van der Waals surface area contributed by atoms with Gasteiger partial charge in [-0.2, -0.15) is 0 Å². The molecule has 0 bridgehead atoms. The number of morpholine rings is 1. The molecule has 0 radical (unpaired) electrons. The molecular weight excluding hydrogens is 380 g/mol. The maximum Gasteiger partial charge on any atom is 0.256 e. The summed E-state index contributed by atoms with van der Waals surface area (Å²) in [5.74, 6) is 0.800. The quantitative estimate of drug-likeness (QED) is 0.610. The van der Waals surface area contributed by atoms with Crippen molar-refractivity contribution in [3.8, 4) is 11.1 Å². The summed E-state index contributed by atoms with van der Waals surface area (Å²) < 4.78 is 5.47. The average Bonchev–Trinajstić information content (AvgIpc) is 3.10. The van der Waals surface area contributed by atoms with Crippen molar-refractivity contribution in [2.75, 3.05) is 26.3 Å². The van der Waals surface area contributed by atoms with Gasteiger partial charge in [0.2, 0.25) is 0 Å². The lowest BCUT2D eigenvalue weighted by Crippen LogP contribution is -2.41. The van der Waals surface area contributed by atoms with E-state index in [1.807, 2.05) is 29.2 Å². The zero-order chi connectivity index (χ0) is 20.0. The number of ether oxygens (including phenoxy) is 1. The Morgan fingerprint density at radius 3 is 2.72 bits per heavy atom. The van der Waals surface area contributed by atoms with E-state index in [4.69, 9.17) is 9.72 Å². The predicted molar refractivity (Wildman–Crippen MR) is 118 cm³/mol. The van der Waals surface area contributed by atoms with Crippen molar-refractivity contribution in [2.24, 2.45) is 5.92 Å². The van der Waals surface area contributed by atoms with E-state index in [1.54, 1.807) is 0 Å². The maximum atomic E-state index is 13.6. The minimum absolute atomic E-state index is 0.0863. The number of benzene rings is 1. The highest BCUT2D eigenvalue weighted by Gasteiger charge is 2.30. The van der Waals surface area contributed by atoms with Crippen LogP contribution in [0.25, 0.3) is 21.3 Å². The van der Waals surface area contributed by atoms with Gasteiger partial charge in [-0.25, -0.2) is 4.98 Å². The van der Waals surface area contributed by atoms with Gasteiger partial charge >= 0.3 is 0 Å². The largest absolute Gasteiger partial charge is 0.378 e. The number of hydrogen-bond donors (Lipinski definition) is 0. The first-order chi connectivity index (χ1) is 14.1. The molecule has 0 unspecified atom stereocenters. The molecule has 1 atom stereocenters. The number of hydrogen-bond acceptors (Lipinski definition) is 4. The summed E-state index contributed by atoms with van der Waals surface area (Å²) in [4.78, 5) is 23.0. The first-order valence-electron chi connectivity index (χ1n) is 10.5. The van der Waals surface area contributed by atoms with Crippen molar-refractivity contribution in [2.45, 2.75) is 33.1 Å². The Hall–Kier alpha value is -2.24. The molecule has 1 aliphatic carbocycles. The number of carbonyl (C=O) groups is 1. The number of aromatic nitrogens is 1. The fourth-order valence-corrected chi connectivity index (χ4v) is 6.11. The summed E-state index contributed by atoms with van der Waals surface area (Å²) in [6.45, 7) is 6.81. The van der Waals surface area contributed by atoms with E-state index < -0.39 is 0 Å². The normalized spacial score (nSPS) is 19.4. The summed E-state index contributed by atoms with van der Waals surface area (Å²) in [6, 6.07) is 10.4. The first kappa shape index (κ1) is 18.8. The Morgan fingerprint density at radius 2 is 1.97 bits per heavy atom. The van der Waals surface area contributed by atoms with Crippen LogP contribution in [0.2, 0.25) is 0 Å². The molecule has 1 amide bonds. The van der Waals surface area contributed by atoms with E-state index in [0.29, 0.717) is 32.2 Å². The molecule has 5 heteroatoms. The lowest BCUT2D eigenvalue weighted by atomic mass is 9.86. The lowest BCUT2D eigenvalue weighted by Gasteiger charge is -2.28. The third-order valence-corrected chi connectivity index (χ3v) is 7.35. The number of nitrogens with zero attached hydrogens (tertiary/aromatic N) is 2. The number of amides is 1. The Balaban J connectivity index is 1.78. The SMILES string of the molecule is Cc1nc2sc3c(c2c(-c2ccccc2)c1C(=O)N1CCOCC1)CC[C@@H](C)C3. The lowest BCUT2D eigenvalue weighted by molar-refractivity contribution is 0.0302. The fourth-order valence-electron chi connectivity index (χ4n) is 4.67. The molecule has 5 rings (SSSR count). The molecular formula is C24H26N2O2S. The number of pyridine rings is 1. The molecule has 0 spiro atoms. The predicted octanol–water partition coefficient (Wildman–Crippen LogP) is 4.87. The molecule has 29 heavy (non-hydrogen) atoms. The van der Waals surface area contributed by atoms with Gasteiger partial charge in [0, 0.05) is 28.9 Å². The highest BCUT2D eigenvalue weighted by molar-refractivity contribution is 7.19. The molecule has 0 N–H and O–H groups in total. The first-order valence-corrected chi connectivity index (χ1v) is 11.3. The third-order valence-electron chi connectivity index (χ3n) is 6.20. The Labute approximate surface area is 175 Å². The van der Waals surface area contributed by atoms with Crippen LogP contribution in [0, 0.1) is 12.8 Å². The molecule has 3 aromatic rings. The van der Waals surface area contributed by atoms with Crippen LogP contribution in [-0.4, -0.2) is 42.1 Å². The van der Waals surface area contributed by atoms with Gasteiger partial charge in [-0.15, -0.1) is 11.3 Å². The van der Waals surface area contributed by atoms with Crippen LogP contribution >= 0.6 is 11.3 Å². The van der Waals surface area contributed by atoms with Crippen molar-refractivity contribution in [1.29, 1.82) is 0 Å². The second kappa shape index (κ2) is 7.54. The Kier molecular flexibility index (Phi) is 4.88. The van der Waals surface area contributed by atoms with Crippen molar-refractivity contribution in [3.05, 3.63) is 52.0 Å². The van der Waals surface area contributed by atoms with Crippen molar-refractivity contribution >= 4 is 27.5 Å². The van der Waals surface area contributed by atoms with E-state index in [-0.39, 0.29) is 5.91 Å². The van der Waals surface area contributed by atoms with Crippen molar-refractivity contribution in [1.82, 2.24) is 9.88 Å². The minimum atomic E-state index is 0.0863. The van der Waals surface area contributed by atoms with Gasteiger partial charge in [0.05, 0.1) is 24.5 Å². The summed E-state index contributed by atoms with van der Waals surface area (Å²) >= 11 is 1.83. The molecule has 2 aromatic heterocycles. The highest BCUT2D eigenvalue weighted by atomic mass is 32.1. The van der Waals surface area contributed by atoms with E-state index in [2.05, 4.69) is 31.2 Å². The van der Waals surface area contributed by atoms with Gasteiger partial charge in [-0.1, -0.05) is 37.3 Å². The third kappa shape index (κ3) is 3.26. The molecule has 0 saturated carbocycles. The van der Waals surface area contributed by atoms with Crippen LogP contribution in [0.15, 0.2) is 30.3 Å². The van der Waals surface area contributed by atoms with Crippen LogP contribution in [0.5, 0.6) is 0 Å². The molecule has 2 aliphatic rings. The smallest absolute Gasteiger partial charge is 0.256 e. The van der Waals surface area contributed by atoms with Gasteiger partial charge in [-0.3, -0.25) is 4.79 Å². The summed E-state index contributed by atoms with van der Waals surface area (Å²) in [5, 5.41) is 1.21. The number of carbonyl (C=O) groups excluding carboxylic acids is 1. The second-order valence-corrected chi connectivity index (χ2v) is 9.33. The molecule has 150 valence electrons. The van der Waals surface area contributed by atoms with Crippen LogP contribution in [0.1, 0.15) is 39.8 Å². The maximum absolute atomic E-state index is 13.6. The summed E-state index contributed by atoms with van der Waals surface area (Å²) in [7, 11) is 0. The zero-order valence-electron chi connectivity index (χ0n) is 17.0. The Morgan fingerprint density at radius 1 is 1.21 bits per heavy atom. The zero-order valence-corrected chi connectivity index (χ0v) is 17.8. The molecule has 1 saturated heterocycles. The molecule has 1 aliphatic heterocycles. The monoisotopic (exact) mass is 406 g/mol. The van der Waals surface area contributed by atoms with Crippen LogP contribution in [0.3, 0.4) is 0 Å². The van der Waals surface area contributed by atoms with E-state index in [9.17, 15) is 4.79 Å². The molecule has 1 fully saturated rings. The summed E-state index contributed by atoms with van der Waals surface area (Å²) in [5.41, 5.74) is 5.21. The number of thiophene rings is 1.